The summed E-state index contributed by atoms with van der Waals surface area (Å²) in [5.41, 5.74) is 6.62. The Balaban J connectivity index is 2.88. The van der Waals surface area contributed by atoms with Crippen molar-refractivity contribution < 1.29 is 9.90 Å². The van der Waals surface area contributed by atoms with Gasteiger partial charge < -0.3 is 16.2 Å². The van der Waals surface area contributed by atoms with E-state index in [1.54, 1.807) is 18.2 Å². The molecule has 0 saturated heterocycles. The summed E-state index contributed by atoms with van der Waals surface area (Å²) in [6.45, 7) is 5.93. The zero-order valence-corrected chi connectivity index (χ0v) is 10.6. The van der Waals surface area contributed by atoms with Crippen LogP contribution in [0, 0.1) is 12.3 Å². The van der Waals surface area contributed by atoms with Gasteiger partial charge in [0.2, 0.25) is 5.91 Å². The number of anilines is 1. The number of aryl methyl sites for hydroxylation is 1. The van der Waals surface area contributed by atoms with Crippen molar-refractivity contribution in [1.29, 1.82) is 0 Å². The second-order valence-corrected chi connectivity index (χ2v) is 4.57. The van der Waals surface area contributed by atoms with Crippen LogP contribution in [-0.4, -0.2) is 17.6 Å². The summed E-state index contributed by atoms with van der Waals surface area (Å²) < 4.78 is 0. The predicted molar refractivity (Wildman–Crippen MR) is 68.9 cm³/mol. The first-order valence-electron chi connectivity index (χ1n) is 5.74. The molecule has 4 nitrogen and oxygen atoms in total. The third-order valence-corrected chi connectivity index (χ3v) is 3.24. The number of nitrogens with one attached hydrogen (secondary N) is 1. The molecule has 0 aliphatic carbocycles. The Hall–Kier alpha value is -1.55. The van der Waals surface area contributed by atoms with Crippen molar-refractivity contribution in [3.63, 3.8) is 0 Å². The lowest BCUT2D eigenvalue weighted by molar-refractivity contribution is -0.124. The standard InChI is InChI=1S/C13H20N2O2/c1-4-13(3,8-14)12(17)15-11-6-5-10(16)7-9(11)2/h5-7,16H,4,8,14H2,1-3H3,(H,15,17). The molecule has 4 N–H and O–H groups in total. The molecule has 1 amide bonds. The Morgan fingerprint density at radius 2 is 2.18 bits per heavy atom. The Bertz CT molecular complexity index is 412. The third kappa shape index (κ3) is 2.97. The molecule has 1 unspecified atom stereocenters. The van der Waals surface area contributed by atoms with Crippen LogP contribution >= 0.6 is 0 Å². The van der Waals surface area contributed by atoms with Crippen LogP contribution in [0.1, 0.15) is 25.8 Å². The fraction of sp³-hybridized carbons (Fsp3) is 0.462. The van der Waals surface area contributed by atoms with Gasteiger partial charge in [0, 0.05) is 12.2 Å². The maximum Gasteiger partial charge on any atom is 0.231 e. The minimum atomic E-state index is -0.551. The van der Waals surface area contributed by atoms with Gasteiger partial charge in [0.25, 0.3) is 0 Å². The number of carbonyl (C=O) groups excluding carboxylic acids is 1. The molecule has 0 heterocycles. The Morgan fingerprint density at radius 3 is 2.65 bits per heavy atom. The highest BCUT2D eigenvalue weighted by Gasteiger charge is 2.29. The molecule has 17 heavy (non-hydrogen) atoms. The van der Waals surface area contributed by atoms with Crippen LogP contribution in [0.25, 0.3) is 0 Å². The first-order chi connectivity index (χ1) is 7.92. The van der Waals surface area contributed by atoms with E-state index in [0.29, 0.717) is 18.7 Å². The first-order valence-corrected chi connectivity index (χ1v) is 5.74. The molecule has 0 bridgehead atoms. The van der Waals surface area contributed by atoms with E-state index >= 15 is 0 Å². The lowest BCUT2D eigenvalue weighted by Gasteiger charge is -2.25. The van der Waals surface area contributed by atoms with Crippen LogP contribution in [0.5, 0.6) is 5.75 Å². The van der Waals surface area contributed by atoms with Crippen LogP contribution in [0.3, 0.4) is 0 Å². The minimum Gasteiger partial charge on any atom is -0.508 e. The summed E-state index contributed by atoms with van der Waals surface area (Å²) in [5.74, 6) is 0.105. The minimum absolute atomic E-state index is 0.0868. The van der Waals surface area contributed by atoms with Gasteiger partial charge in [0.15, 0.2) is 0 Å². The largest absolute Gasteiger partial charge is 0.508 e. The zero-order valence-electron chi connectivity index (χ0n) is 10.6. The predicted octanol–water partition coefficient (Wildman–Crippen LogP) is 2.01. The monoisotopic (exact) mass is 236 g/mol. The summed E-state index contributed by atoms with van der Waals surface area (Å²) in [6.07, 6.45) is 0.687. The molecule has 0 spiro atoms. The highest BCUT2D eigenvalue weighted by atomic mass is 16.3. The van der Waals surface area contributed by atoms with E-state index in [4.69, 9.17) is 5.73 Å². The fourth-order valence-electron chi connectivity index (χ4n) is 1.46. The number of rotatable bonds is 4. The van der Waals surface area contributed by atoms with Crippen molar-refractivity contribution in [3.05, 3.63) is 23.8 Å². The van der Waals surface area contributed by atoms with Crippen molar-refractivity contribution >= 4 is 11.6 Å². The molecule has 0 aliphatic heterocycles. The average molecular weight is 236 g/mol. The van der Waals surface area contributed by atoms with E-state index in [9.17, 15) is 9.90 Å². The van der Waals surface area contributed by atoms with Crippen LogP contribution in [-0.2, 0) is 4.79 Å². The van der Waals surface area contributed by atoms with E-state index in [1.807, 2.05) is 20.8 Å². The molecule has 0 radical (unpaired) electrons. The number of hydrogen-bond donors (Lipinski definition) is 3. The summed E-state index contributed by atoms with van der Waals surface area (Å²) in [7, 11) is 0. The molecule has 1 aromatic rings. The molecule has 0 aliphatic rings. The SMILES string of the molecule is CCC(C)(CN)C(=O)Nc1ccc(O)cc1C. The molecule has 94 valence electrons. The summed E-state index contributed by atoms with van der Waals surface area (Å²) in [4.78, 5) is 12.1. The Morgan fingerprint density at radius 1 is 1.53 bits per heavy atom. The van der Waals surface area contributed by atoms with Crippen LogP contribution in [0.15, 0.2) is 18.2 Å². The lowest BCUT2D eigenvalue weighted by Crippen LogP contribution is -2.39. The molecule has 4 heteroatoms. The number of hydrogen-bond acceptors (Lipinski definition) is 3. The van der Waals surface area contributed by atoms with Gasteiger partial charge in [-0.3, -0.25) is 4.79 Å². The fourth-order valence-corrected chi connectivity index (χ4v) is 1.46. The maximum absolute atomic E-state index is 12.1. The molecular formula is C13H20N2O2. The van der Waals surface area contributed by atoms with Gasteiger partial charge in [-0.05, 0) is 44.0 Å². The van der Waals surface area contributed by atoms with E-state index < -0.39 is 5.41 Å². The van der Waals surface area contributed by atoms with Gasteiger partial charge in [-0.15, -0.1) is 0 Å². The molecular weight excluding hydrogens is 216 g/mol. The van der Waals surface area contributed by atoms with Crippen LogP contribution < -0.4 is 11.1 Å². The summed E-state index contributed by atoms with van der Waals surface area (Å²) >= 11 is 0. The van der Waals surface area contributed by atoms with E-state index in [0.717, 1.165) is 5.56 Å². The van der Waals surface area contributed by atoms with Gasteiger partial charge in [-0.2, -0.15) is 0 Å². The number of phenolic OH excluding ortho intramolecular Hbond substituents is 1. The number of aromatic hydroxyl groups is 1. The lowest BCUT2D eigenvalue weighted by atomic mass is 9.86. The maximum atomic E-state index is 12.1. The highest BCUT2D eigenvalue weighted by molar-refractivity contribution is 5.95. The molecule has 1 aromatic carbocycles. The number of amides is 1. The van der Waals surface area contributed by atoms with E-state index in [2.05, 4.69) is 5.32 Å². The Labute approximate surface area is 102 Å². The van der Waals surface area contributed by atoms with Crippen LogP contribution in [0.2, 0.25) is 0 Å². The second kappa shape index (κ2) is 5.19. The van der Waals surface area contributed by atoms with Crippen molar-refractivity contribution in [3.8, 4) is 5.75 Å². The van der Waals surface area contributed by atoms with Gasteiger partial charge in [-0.1, -0.05) is 6.92 Å². The second-order valence-electron chi connectivity index (χ2n) is 4.57. The van der Waals surface area contributed by atoms with Crippen molar-refractivity contribution in [2.45, 2.75) is 27.2 Å². The number of carbonyl (C=O) groups is 1. The summed E-state index contributed by atoms with van der Waals surface area (Å²) in [5, 5.41) is 12.1. The van der Waals surface area contributed by atoms with Crippen LogP contribution in [0.4, 0.5) is 5.69 Å². The van der Waals surface area contributed by atoms with Gasteiger partial charge in [-0.25, -0.2) is 0 Å². The first kappa shape index (κ1) is 13.5. The number of nitrogens with two attached hydrogens (primary N) is 1. The molecule has 0 fully saturated rings. The van der Waals surface area contributed by atoms with Crippen molar-refractivity contribution in [1.82, 2.24) is 0 Å². The molecule has 1 atom stereocenters. The molecule has 1 rings (SSSR count). The Kier molecular flexibility index (Phi) is 4.12. The average Bonchev–Trinajstić information content (AvgIpc) is 2.31. The molecule has 0 saturated carbocycles. The van der Waals surface area contributed by atoms with Gasteiger partial charge >= 0.3 is 0 Å². The quantitative estimate of drug-likeness (QED) is 0.700. The van der Waals surface area contributed by atoms with Crippen molar-refractivity contribution in [2.75, 3.05) is 11.9 Å². The smallest absolute Gasteiger partial charge is 0.231 e. The van der Waals surface area contributed by atoms with E-state index in [1.165, 1.54) is 0 Å². The zero-order chi connectivity index (χ0) is 13.1. The van der Waals surface area contributed by atoms with Gasteiger partial charge in [0.1, 0.15) is 5.75 Å². The third-order valence-electron chi connectivity index (χ3n) is 3.24. The van der Waals surface area contributed by atoms with E-state index in [-0.39, 0.29) is 11.7 Å². The highest BCUT2D eigenvalue weighted by Crippen LogP contribution is 2.25. The number of phenols is 1. The van der Waals surface area contributed by atoms with Gasteiger partial charge in [0.05, 0.1) is 5.41 Å². The topological polar surface area (TPSA) is 75.4 Å². The number of benzene rings is 1. The molecule has 0 aromatic heterocycles. The van der Waals surface area contributed by atoms with Crippen molar-refractivity contribution in [2.24, 2.45) is 11.1 Å². The summed E-state index contributed by atoms with van der Waals surface area (Å²) in [6, 6.07) is 4.85. The normalized spacial score (nSPS) is 14.1.